The molecule has 0 saturated heterocycles. The first kappa shape index (κ1) is 17.6. The zero-order chi connectivity index (χ0) is 15.4. The molecule has 0 fully saturated rings. The minimum Gasteiger partial charge on any atom is -0.390 e. The second-order valence-corrected chi connectivity index (χ2v) is 4.43. The van der Waals surface area contributed by atoms with Crippen LogP contribution in [0.25, 0.3) is 0 Å². The lowest BCUT2D eigenvalue weighted by molar-refractivity contribution is -0.161. The summed E-state index contributed by atoms with van der Waals surface area (Å²) in [6.07, 6.45) is -5.80. The van der Waals surface area contributed by atoms with Gasteiger partial charge in [0.15, 0.2) is 22.8 Å². The Morgan fingerprint density at radius 2 is 1.37 bits per heavy atom. The van der Waals surface area contributed by atoms with E-state index in [1.54, 1.807) is 0 Å². The molecule has 0 amide bonds. The molecule has 0 aromatic heterocycles. The van der Waals surface area contributed by atoms with Crippen LogP contribution in [-0.2, 0) is 19.2 Å². The molecule has 3 N–H and O–H groups in total. The van der Waals surface area contributed by atoms with Crippen LogP contribution < -0.4 is 0 Å². The van der Waals surface area contributed by atoms with Gasteiger partial charge in [-0.15, -0.1) is 0 Å². The molecule has 0 aliphatic heterocycles. The fraction of sp³-hybridized carbons (Fsp3) is 0.667. The third kappa shape index (κ3) is 3.31. The summed E-state index contributed by atoms with van der Waals surface area (Å²) in [5.74, 6) is -2.71. The van der Waals surface area contributed by atoms with E-state index in [9.17, 15) is 29.4 Å². The maximum absolute atomic E-state index is 11.6. The highest BCUT2D eigenvalue weighted by molar-refractivity contribution is 6.23. The lowest BCUT2D eigenvalue weighted by atomic mass is 9.70. The average Bonchev–Trinajstić information content (AvgIpc) is 2.27. The highest BCUT2D eigenvalue weighted by Crippen LogP contribution is 2.30. The van der Waals surface area contributed by atoms with Gasteiger partial charge in [0.25, 0.3) is 0 Å². The first-order valence-electron chi connectivity index (χ1n) is 5.64. The number of aliphatic hydroxyl groups excluding tert-OH is 3. The molecule has 0 aliphatic carbocycles. The molecule has 19 heavy (non-hydrogen) atoms. The summed E-state index contributed by atoms with van der Waals surface area (Å²) in [4.78, 5) is 45.1. The quantitative estimate of drug-likeness (QED) is 0.359. The molecule has 3 atom stereocenters. The van der Waals surface area contributed by atoms with E-state index in [2.05, 4.69) is 0 Å². The lowest BCUT2D eigenvalue weighted by Crippen LogP contribution is -2.57. The number of aliphatic hydroxyl groups is 3. The molecule has 108 valence electrons. The predicted molar refractivity (Wildman–Crippen MR) is 63.2 cm³/mol. The van der Waals surface area contributed by atoms with E-state index in [-0.39, 0.29) is 6.29 Å². The summed E-state index contributed by atoms with van der Waals surface area (Å²) in [5, 5.41) is 28.7. The fourth-order valence-electron chi connectivity index (χ4n) is 2.09. The molecule has 0 heterocycles. The van der Waals surface area contributed by atoms with Gasteiger partial charge in [0.05, 0.1) is 6.10 Å². The van der Waals surface area contributed by atoms with Crippen LogP contribution in [0, 0.1) is 5.41 Å². The highest BCUT2D eigenvalue weighted by Gasteiger charge is 2.54. The van der Waals surface area contributed by atoms with Crippen LogP contribution in [0.1, 0.15) is 27.2 Å². The minimum absolute atomic E-state index is 0.132. The van der Waals surface area contributed by atoms with Crippen LogP contribution in [0.15, 0.2) is 0 Å². The van der Waals surface area contributed by atoms with Gasteiger partial charge in [-0.3, -0.25) is 14.4 Å². The summed E-state index contributed by atoms with van der Waals surface area (Å²) in [5.41, 5.74) is -2.37. The third-order valence-corrected chi connectivity index (χ3v) is 3.11. The Bertz CT molecular complexity index is 352. The molecule has 0 bridgehead atoms. The Hall–Kier alpha value is -1.44. The number of rotatable bonds is 8. The second-order valence-electron chi connectivity index (χ2n) is 4.43. The van der Waals surface area contributed by atoms with E-state index in [0.29, 0.717) is 0 Å². The lowest BCUT2D eigenvalue weighted by Gasteiger charge is -2.34. The van der Waals surface area contributed by atoms with E-state index in [0.717, 1.165) is 20.8 Å². The normalized spacial score (nSPS) is 16.3. The van der Waals surface area contributed by atoms with E-state index in [1.165, 1.54) is 0 Å². The standard InChI is InChI=1S/C12H18O7/c1-6(14)12(7(2)15,8(3)16)11(19)10(18)4-9(17)5-13/h5,9-11,17-19H,4H2,1-3H3/t9-,10-,11+/m1/s1. The fourth-order valence-corrected chi connectivity index (χ4v) is 2.09. The van der Waals surface area contributed by atoms with Crippen molar-refractivity contribution in [3.63, 3.8) is 0 Å². The summed E-state index contributed by atoms with van der Waals surface area (Å²) >= 11 is 0. The van der Waals surface area contributed by atoms with Crippen LogP contribution in [0.3, 0.4) is 0 Å². The number of carbonyl (C=O) groups excluding carboxylic acids is 4. The zero-order valence-corrected chi connectivity index (χ0v) is 11.0. The van der Waals surface area contributed by atoms with Gasteiger partial charge >= 0.3 is 0 Å². The van der Waals surface area contributed by atoms with Gasteiger partial charge < -0.3 is 20.1 Å². The topological polar surface area (TPSA) is 129 Å². The van der Waals surface area contributed by atoms with Crippen molar-refractivity contribution < 1.29 is 34.5 Å². The van der Waals surface area contributed by atoms with Crippen molar-refractivity contribution in [1.82, 2.24) is 0 Å². The van der Waals surface area contributed by atoms with Crippen molar-refractivity contribution in [3.05, 3.63) is 0 Å². The average molecular weight is 274 g/mol. The van der Waals surface area contributed by atoms with Gasteiger partial charge in [-0.05, 0) is 20.8 Å². The van der Waals surface area contributed by atoms with Crippen LogP contribution >= 0.6 is 0 Å². The SMILES string of the molecule is CC(=O)C(C(C)=O)(C(C)=O)[C@@H](O)[C@H](O)C[C@@H](O)C=O. The van der Waals surface area contributed by atoms with Crippen molar-refractivity contribution in [2.45, 2.75) is 45.5 Å². The molecule has 0 saturated carbocycles. The van der Waals surface area contributed by atoms with Crippen LogP contribution in [0.2, 0.25) is 0 Å². The van der Waals surface area contributed by atoms with E-state index >= 15 is 0 Å². The maximum atomic E-state index is 11.6. The highest BCUT2D eigenvalue weighted by atomic mass is 16.3. The molecule has 7 heteroatoms. The smallest absolute Gasteiger partial charge is 0.172 e. The third-order valence-electron chi connectivity index (χ3n) is 3.11. The van der Waals surface area contributed by atoms with Gasteiger partial charge in [0, 0.05) is 6.42 Å². The van der Waals surface area contributed by atoms with Crippen LogP contribution in [-0.4, -0.2) is 57.3 Å². The van der Waals surface area contributed by atoms with E-state index in [4.69, 9.17) is 5.11 Å². The molecular formula is C12H18O7. The van der Waals surface area contributed by atoms with Gasteiger partial charge in [-0.25, -0.2) is 0 Å². The largest absolute Gasteiger partial charge is 0.390 e. The number of Topliss-reactive ketones (excluding diaryl/α,β-unsaturated/α-hetero) is 3. The van der Waals surface area contributed by atoms with Crippen molar-refractivity contribution in [2.75, 3.05) is 0 Å². The van der Waals surface area contributed by atoms with Gasteiger partial charge in [-0.2, -0.15) is 0 Å². The zero-order valence-electron chi connectivity index (χ0n) is 11.0. The van der Waals surface area contributed by atoms with Crippen molar-refractivity contribution in [3.8, 4) is 0 Å². The van der Waals surface area contributed by atoms with E-state index < -0.39 is 47.5 Å². The number of aldehydes is 1. The van der Waals surface area contributed by atoms with Gasteiger partial charge in [0.2, 0.25) is 0 Å². The molecule has 0 spiro atoms. The Morgan fingerprint density at radius 1 is 1.00 bits per heavy atom. The molecule has 0 aromatic rings. The molecule has 0 aliphatic rings. The predicted octanol–water partition coefficient (Wildman–Crippen LogP) is -1.59. The number of hydrogen-bond donors (Lipinski definition) is 3. The van der Waals surface area contributed by atoms with Crippen molar-refractivity contribution >= 4 is 23.6 Å². The molecule has 0 rings (SSSR count). The maximum Gasteiger partial charge on any atom is 0.172 e. The summed E-state index contributed by atoms with van der Waals surface area (Å²) in [6.45, 7) is 2.86. The Labute approximate surface area is 110 Å². The van der Waals surface area contributed by atoms with Gasteiger partial charge in [0.1, 0.15) is 18.5 Å². The number of carbonyl (C=O) groups is 4. The number of ketones is 3. The second kappa shape index (κ2) is 6.65. The Kier molecular flexibility index (Phi) is 6.14. The Balaban J connectivity index is 5.51. The molecule has 0 unspecified atom stereocenters. The van der Waals surface area contributed by atoms with Crippen LogP contribution in [0.4, 0.5) is 0 Å². The summed E-state index contributed by atoms with van der Waals surface area (Å²) in [7, 11) is 0. The summed E-state index contributed by atoms with van der Waals surface area (Å²) in [6, 6.07) is 0. The van der Waals surface area contributed by atoms with Gasteiger partial charge in [-0.1, -0.05) is 0 Å². The first-order chi connectivity index (χ1) is 8.62. The molecule has 7 nitrogen and oxygen atoms in total. The number of hydrogen-bond acceptors (Lipinski definition) is 7. The van der Waals surface area contributed by atoms with E-state index in [1.807, 2.05) is 0 Å². The van der Waals surface area contributed by atoms with Crippen LogP contribution in [0.5, 0.6) is 0 Å². The molecular weight excluding hydrogens is 256 g/mol. The molecule has 0 aromatic carbocycles. The summed E-state index contributed by atoms with van der Waals surface area (Å²) < 4.78 is 0. The molecule has 0 radical (unpaired) electrons. The van der Waals surface area contributed by atoms with Crippen molar-refractivity contribution in [1.29, 1.82) is 0 Å². The van der Waals surface area contributed by atoms with Crippen molar-refractivity contribution in [2.24, 2.45) is 5.41 Å². The first-order valence-corrected chi connectivity index (χ1v) is 5.64. The Morgan fingerprint density at radius 3 is 1.63 bits per heavy atom. The minimum atomic E-state index is -2.37. The monoisotopic (exact) mass is 274 g/mol.